The summed E-state index contributed by atoms with van der Waals surface area (Å²) in [4.78, 5) is 24.7. The molecule has 87 heavy (non-hydrogen) atoms. The number of carbonyl (C=O) groups excluding carboxylic acids is 2. The van der Waals surface area contributed by atoms with Gasteiger partial charge in [0.25, 0.3) is 0 Å². The van der Waals surface area contributed by atoms with E-state index in [0.29, 0.717) is 25.9 Å². The van der Waals surface area contributed by atoms with Crippen molar-refractivity contribution < 1.29 is 24.5 Å². The molecule has 0 saturated heterocycles. The molecule has 0 spiro atoms. The standard InChI is InChI=1S/C81H155NO5/c1-3-5-7-9-11-13-15-17-19-21-39-43-47-51-55-59-63-67-71-75-81(86)87-76-72-68-64-60-56-52-48-44-41-38-36-34-32-30-28-26-24-22-23-25-27-29-31-33-35-37-40-42-46-50-54-58-62-66-70-74-80(85)82-78(77-83)79(84)73-69-65-61-57-53-49-45-20-18-16-14-12-10-8-6-4-2/h11,13,17,19,24,26,78-79,83-84H,3-10,12,14-16,18,20-23,25,27-77H2,1-2H3,(H,82,85)/b13-11-,19-17-,26-24-. The predicted molar refractivity (Wildman–Crippen MR) is 384 cm³/mol. The van der Waals surface area contributed by atoms with Crippen LogP contribution in [0.2, 0.25) is 0 Å². The maximum atomic E-state index is 12.5. The molecule has 514 valence electrons. The minimum Gasteiger partial charge on any atom is -0.466 e. The topological polar surface area (TPSA) is 95.9 Å². The first-order chi connectivity index (χ1) is 43.0. The molecule has 0 aliphatic heterocycles. The summed E-state index contributed by atoms with van der Waals surface area (Å²) < 4.78 is 5.51. The SMILES string of the molecule is CCCCC/C=C\C/C=C\CCCCCCCCCCCC(=O)OCCCCCCCCCCCCCCCC/C=C\CCCCCCCCCCCCCCCCCCCC(=O)NC(CO)C(O)CCCCCCCCCCCCCCCCCC. The zero-order chi connectivity index (χ0) is 62.8. The third kappa shape index (κ3) is 73.0. The largest absolute Gasteiger partial charge is 0.466 e. The highest BCUT2D eigenvalue weighted by molar-refractivity contribution is 5.76. The van der Waals surface area contributed by atoms with Gasteiger partial charge in [0.2, 0.25) is 5.91 Å². The lowest BCUT2D eigenvalue weighted by molar-refractivity contribution is -0.143. The van der Waals surface area contributed by atoms with Gasteiger partial charge in [0.05, 0.1) is 25.4 Å². The molecular formula is C81H155NO5. The second kappa shape index (κ2) is 76.5. The molecule has 0 aliphatic carbocycles. The van der Waals surface area contributed by atoms with Crippen molar-refractivity contribution in [1.29, 1.82) is 0 Å². The first-order valence-corrected chi connectivity index (χ1v) is 39.7. The lowest BCUT2D eigenvalue weighted by atomic mass is 10.0. The zero-order valence-corrected chi connectivity index (χ0v) is 59.0. The van der Waals surface area contributed by atoms with E-state index in [0.717, 1.165) is 51.4 Å². The van der Waals surface area contributed by atoms with Crippen LogP contribution in [0.1, 0.15) is 444 Å². The molecule has 0 bridgehead atoms. The summed E-state index contributed by atoms with van der Waals surface area (Å²) in [5, 5.41) is 23.4. The number of hydrogen-bond acceptors (Lipinski definition) is 5. The van der Waals surface area contributed by atoms with Gasteiger partial charge < -0.3 is 20.3 Å². The smallest absolute Gasteiger partial charge is 0.305 e. The van der Waals surface area contributed by atoms with Gasteiger partial charge in [-0.05, 0) is 83.5 Å². The second-order valence-electron chi connectivity index (χ2n) is 27.4. The van der Waals surface area contributed by atoms with Gasteiger partial charge >= 0.3 is 5.97 Å². The van der Waals surface area contributed by atoms with E-state index in [1.165, 1.54) is 360 Å². The molecule has 2 atom stereocenters. The normalized spacial score (nSPS) is 12.6. The van der Waals surface area contributed by atoms with Gasteiger partial charge in [-0.1, -0.05) is 384 Å². The maximum Gasteiger partial charge on any atom is 0.305 e. The Morgan fingerprint density at radius 1 is 0.322 bits per heavy atom. The summed E-state index contributed by atoms with van der Waals surface area (Å²) in [7, 11) is 0. The minimum absolute atomic E-state index is 0.0171. The highest BCUT2D eigenvalue weighted by atomic mass is 16.5. The Labute approximate surface area is 544 Å². The van der Waals surface area contributed by atoms with Crippen molar-refractivity contribution in [1.82, 2.24) is 5.32 Å². The average Bonchev–Trinajstić information content (AvgIpc) is 3.53. The van der Waals surface area contributed by atoms with Gasteiger partial charge in [-0.2, -0.15) is 0 Å². The van der Waals surface area contributed by atoms with Crippen molar-refractivity contribution in [2.24, 2.45) is 0 Å². The first kappa shape index (κ1) is 85.1. The number of hydrogen-bond donors (Lipinski definition) is 3. The lowest BCUT2D eigenvalue weighted by Crippen LogP contribution is -2.45. The quantitative estimate of drug-likeness (QED) is 0.0320. The third-order valence-electron chi connectivity index (χ3n) is 18.7. The Kier molecular flexibility index (Phi) is 74.8. The van der Waals surface area contributed by atoms with Gasteiger partial charge in [0.1, 0.15) is 0 Å². The van der Waals surface area contributed by atoms with Crippen LogP contribution in [0, 0.1) is 0 Å². The highest BCUT2D eigenvalue weighted by Crippen LogP contribution is 2.20. The molecule has 0 radical (unpaired) electrons. The molecule has 6 nitrogen and oxygen atoms in total. The van der Waals surface area contributed by atoms with Crippen molar-refractivity contribution in [3.8, 4) is 0 Å². The Morgan fingerprint density at radius 3 is 0.908 bits per heavy atom. The van der Waals surface area contributed by atoms with E-state index in [2.05, 4.69) is 55.6 Å². The molecule has 0 aromatic carbocycles. The summed E-state index contributed by atoms with van der Waals surface area (Å²) >= 11 is 0. The van der Waals surface area contributed by atoms with Gasteiger partial charge in [-0.15, -0.1) is 0 Å². The molecule has 2 unspecified atom stereocenters. The average molecular weight is 1220 g/mol. The van der Waals surface area contributed by atoms with Crippen LogP contribution in [0.3, 0.4) is 0 Å². The maximum absolute atomic E-state index is 12.5. The summed E-state index contributed by atoms with van der Waals surface area (Å²) in [6.07, 6.45) is 99.5. The molecule has 3 N–H and O–H groups in total. The fraction of sp³-hybridized carbons (Fsp3) is 0.901. The fourth-order valence-electron chi connectivity index (χ4n) is 12.6. The Bertz CT molecular complexity index is 1410. The summed E-state index contributed by atoms with van der Waals surface area (Å²) in [5.74, 6) is -0.0106. The van der Waals surface area contributed by atoms with E-state index >= 15 is 0 Å². The van der Waals surface area contributed by atoms with Crippen molar-refractivity contribution in [2.75, 3.05) is 13.2 Å². The molecule has 1 amide bonds. The second-order valence-corrected chi connectivity index (χ2v) is 27.4. The molecule has 0 aromatic heterocycles. The van der Waals surface area contributed by atoms with E-state index in [-0.39, 0.29) is 18.5 Å². The van der Waals surface area contributed by atoms with E-state index in [1.54, 1.807) is 0 Å². The van der Waals surface area contributed by atoms with E-state index in [1.807, 2.05) is 0 Å². The lowest BCUT2D eigenvalue weighted by Gasteiger charge is -2.22. The van der Waals surface area contributed by atoms with E-state index in [9.17, 15) is 19.8 Å². The fourth-order valence-corrected chi connectivity index (χ4v) is 12.6. The molecule has 0 rings (SSSR count). The van der Waals surface area contributed by atoms with Gasteiger partial charge in [-0.3, -0.25) is 9.59 Å². The van der Waals surface area contributed by atoms with Crippen LogP contribution in [0.15, 0.2) is 36.5 Å². The number of ether oxygens (including phenoxy) is 1. The number of amides is 1. The third-order valence-corrected chi connectivity index (χ3v) is 18.7. The molecule has 0 saturated carbocycles. The van der Waals surface area contributed by atoms with Gasteiger partial charge in [-0.25, -0.2) is 0 Å². The van der Waals surface area contributed by atoms with Crippen molar-refractivity contribution >= 4 is 11.9 Å². The molecule has 0 aromatic rings. The number of rotatable bonds is 75. The molecule has 6 heteroatoms. The van der Waals surface area contributed by atoms with Gasteiger partial charge in [0.15, 0.2) is 0 Å². The first-order valence-electron chi connectivity index (χ1n) is 39.7. The Hall–Kier alpha value is -1.92. The number of esters is 1. The van der Waals surface area contributed by atoms with E-state index < -0.39 is 12.1 Å². The van der Waals surface area contributed by atoms with Crippen LogP contribution in [0.25, 0.3) is 0 Å². The van der Waals surface area contributed by atoms with Crippen LogP contribution in [0.5, 0.6) is 0 Å². The molecule has 0 heterocycles. The zero-order valence-electron chi connectivity index (χ0n) is 59.0. The van der Waals surface area contributed by atoms with E-state index in [4.69, 9.17) is 4.74 Å². The van der Waals surface area contributed by atoms with Crippen molar-refractivity contribution in [3.05, 3.63) is 36.5 Å². The van der Waals surface area contributed by atoms with Gasteiger partial charge in [0, 0.05) is 12.8 Å². The van der Waals surface area contributed by atoms with Crippen LogP contribution in [-0.2, 0) is 14.3 Å². The molecule has 0 fully saturated rings. The predicted octanol–water partition coefficient (Wildman–Crippen LogP) is 26.2. The number of unbranched alkanes of at least 4 members (excludes halogenated alkanes) is 58. The van der Waals surface area contributed by atoms with Crippen LogP contribution >= 0.6 is 0 Å². The summed E-state index contributed by atoms with van der Waals surface area (Å²) in [6.45, 7) is 4.97. The monoisotopic (exact) mass is 1220 g/mol. The van der Waals surface area contributed by atoms with Crippen LogP contribution in [-0.4, -0.2) is 47.4 Å². The molecular weight excluding hydrogens is 1070 g/mol. The Balaban J connectivity index is 3.33. The molecule has 0 aliphatic rings. The number of aliphatic hydroxyl groups is 2. The van der Waals surface area contributed by atoms with Crippen LogP contribution < -0.4 is 5.32 Å². The highest BCUT2D eigenvalue weighted by Gasteiger charge is 2.20. The van der Waals surface area contributed by atoms with Crippen LogP contribution in [0.4, 0.5) is 0 Å². The summed E-state index contributed by atoms with van der Waals surface area (Å²) in [6, 6.07) is -0.539. The summed E-state index contributed by atoms with van der Waals surface area (Å²) in [5.41, 5.74) is 0. The number of nitrogens with one attached hydrogen (secondary N) is 1. The Morgan fingerprint density at radius 2 is 0.575 bits per heavy atom. The number of carbonyl (C=O) groups is 2. The minimum atomic E-state index is -0.662. The van der Waals surface area contributed by atoms with Crippen molar-refractivity contribution in [2.45, 2.75) is 456 Å². The van der Waals surface area contributed by atoms with Crippen molar-refractivity contribution in [3.63, 3.8) is 0 Å². The number of aliphatic hydroxyl groups excluding tert-OH is 2. The number of allylic oxidation sites excluding steroid dienone is 6.